The predicted octanol–water partition coefficient (Wildman–Crippen LogP) is 3.33. The summed E-state index contributed by atoms with van der Waals surface area (Å²) in [6, 6.07) is 10.4. The number of hydrogen-bond acceptors (Lipinski definition) is 2. The molecule has 0 bridgehead atoms. The first-order chi connectivity index (χ1) is 6.73. The lowest BCUT2D eigenvalue weighted by atomic mass is 10.1. The number of thioether (sulfide) groups is 1. The number of nitrogens with zero attached hydrogens (tertiary/aromatic N) is 1. The molecule has 1 aliphatic rings. The van der Waals surface area contributed by atoms with E-state index in [9.17, 15) is 0 Å². The number of halogens is 1. The highest BCUT2D eigenvalue weighted by molar-refractivity contribution is 9.09. The zero-order chi connectivity index (χ0) is 10.0. The average molecular weight is 270 g/mol. The topological polar surface area (TPSA) is 12.4 Å². The SMILES string of the molecule is C[C@@]1(CBr)CSC(c2ccccc2)=N1. The molecule has 1 nitrogen and oxygen atoms in total. The number of rotatable bonds is 2. The van der Waals surface area contributed by atoms with Gasteiger partial charge in [0.2, 0.25) is 0 Å². The molecule has 1 aromatic carbocycles. The molecule has 0 N–H and O–H groups in total. The van der Waals surface area contributed by atoms with Gasteiger partial charge in [-0.05, 0) is 6.92 Å². The van der Waals surface area contributed by atoms with Crippen LogP contribution in [0.3, 0.4) is 0 Å². The highest BCUT2D eigenvalue weighted by Gasteiger charge is 2.29. The Morgan fingerprint density at radius 2 is 2.14 bits per heavy atom. The van der Waals surface area contributed by atoms with Crippen LogP contribution in [0.5, 0.6) is 0 Å². The second-order valence-corrected chi connectivity index (χ2v) is 5.23. The van der Waals surface area contributed by atoms with Gasteiger partial charge in [0.05, 0.1) is 10.6 Å². The van der Waals surface area contributed by atoms with Gasteiger partial charge in [0.15, 0.2) is 0 Å². The van der Waals surface area contributed by atoms with Gasteiger partial charge in [-0.1, -0.05) is 46.3 Å². The smallest absolute Gasteiger partial charge is 0.0985 e. The number of alkyl halides is 1. The third kappa shape index (κ3) is 2.04. The maximum Gasteiger partial charge on any atom is 0.0985 e. The van der Waals surface area contributed by atoms with E-state index in [0.717, 1.165) is 11.1 Å². The van der Waals surface area contributed by atoms with E-state index in [1.165, 1.54) is 10.6 Å². The van der Waals surface area contributed by atoms with Crippen LogP contribution in [0.1, 0.15) is 12.5 Å². The van der Waals surface area contributed by atoms with E-state index < -0.39 is 0 Å². The van der Waals surface area contributed by atoms with Crippen molar-refractivity contribution >= 4 is 32.7 Å². The Balaban J connectivity index is 2.27. The first-order valence-electron chi connectivity index (χ1n) is 4.58. The largest absolute Gasteiger partial charge is 0.270 e. The Kier molecular flexibility index (Phi) is 2.98. The zero-order valence-corrected chi connectivity index (χ0v) is 10.4. The summed E-state index contributed by atoms with van der Waals surface area (Å²) in [7, 11) is 0. The molecule has 74 valence electrons. The maximum absolute atomic E-state index is 4.74. The lowest BCUT2D eigenvalue weighted by Crippen LogP contribution is -2.23. The number of hydrogen-bond donors (Lipinski definition) is 0. The summed E-state index contributed by atoms with van der Waals surface area (Å²) in [5.41, 5.74) is 1.32. The molecule has 0 aromatic heterocycles. The molecule has 2 rings (SSSR count). The molecule has 14 heavy (non-hydrogen) atoms. The van der Waals surface area contributed by atoms with Gasteiger partial charge >= 0.3 is 0 Å². The minimum atomic E-state index is 0.0792. The summed E-state index contributed by atoms with van der Waals surface area (Å²) in [6.45, 7) is 2.19. The van der Waals surface area contributed by atoms with Gasteiger partial charge in [0, 0.05) is 16.6 Å². The second-order valence-electron chi connectivity index (χ2n) is 3.70. The van der Waals surface area contributed by atoms with Crippen molar-refractivity contribution in [2.24, 2.45) is 4.99 Å². The van der Waals surface area contributed by atoms with Crippen molar-refractivity contribution in [3.63, 3.8) is 0 Å². The van der Waals surface area contributed by atoms with Crippen LogP contribution < -0.4 is 0 Å². The monoisotopic (exact) mass is 269 g/mol. The summed E-state index contributed by atoms with van der Waals surface area (Å²) in [4.78, 5) is 4.74. The molecule has 0 spiro atoms. The third-order valence-corrected chi connectivity index (χ3v) is 4.77. The van der Waals surface area contributed by atoms with Gasteiger partial charge in [-0.3, -0.25) is 4.99 Å². The highest BCUT2D eigenvalue weighted by atomic mass is 79.9. The van der Waals surface area contributed by atoms with Crippen molar-refractivity contribution in [3.8, 4) is 0 Å². The molecular formula is C11H12BrNS. The van der Waals surface area contributed by atoms with E-state index in [1.807, 2.05) is 17.8 Å². The Morgan fingerprint density at radius 1 is 1.43 bits per heavy atom. The van der Waals surface area contributed by atoms with E-state index >= 15 is 0 Å². The number of benzene rings is 1. The minimum Gasteiger partial charge on any atom is -0.270 e. The maximum atomic E-state index is 4.74. The fourth-order valence-corrected chi connectivity index (χ4v) is 3.12. The van der Waals surface area contributed by atoms with Crippen molar-refractivity contribution in [2.75, 3.05) is 11.1 Å². The van der Waals surface area contributed by atoms with Crippen molar-refractivity contribution in [3.05, 3.63) is 35.9 Å². The summed E-state index contributed by atoms with van der Waals surface area (Å²) in [6.07, 6.45) is 0. The van der Waals surface area contributed by atoms with Crippen molar-refractivity contribution in [1.29, 1.82) is 0 Å². The summed E-state index contributed by atoms with van der Waals surface area (Å²) in [5, 5.41) is 2.11. The first kappa shape index (κ1) is 10.2. The van der Waals surface area contributed by atoms with Crippen LogP contribution >= 0.6 is 27.7 Å². The van der Waals surface area contributed by atoms with Crippen molar-refractivity contribution in [1.82, 2.24) is 0 Å². The predicted molar refractivity (Wildman–Crippen MR) is 67.6 cm³/mol. The molecule has 0 aliphatic carbocycles. The average Bonchev–Trinajstić information content (AvgIpc) is 2.63. The molecule has 1 aliphatic heterocycles. The Hall–Kier alpha value is -0.280. The van der Waals surface area contributed by atoms with E-state index in [2.05, 4.69) is 47.1 Å². The molecule has 3 heteroatoms. The van der Waals surface area contributed by atoms with Gasteiger partial charge < -0.3 is 0 Å². The van der Waals surface area contributed by atoms with E-state index in [4.69, 9.17) is 4.99 Å². The summed E-state index contributed by atoms with van der Waals surface area (Å²) < 4.78 is 0. The lowest BCUT2D eigenvalue weighted by molar-refractivity contribution is 0.621. The van der Waals surface area contributed by atoms with Crippen LogP contribution in [-0.2, 0) is 0 Å². The molecule has 0 saturated heterocycles. The zero-order valence-electron chi connectivity index (χ0n) is 8.03. The second kappa shape index (κ2) is 4.07. The van der Waals surface area contributed by atoms with Gasteiger partial charge in [0.25, 0.3) is 0 Å². The van der Waals surface area contributed by atoms with Gasteiger partial charge in [-0.15, -0.1) is 11.8 Å². The number of aliphatic imine (C=N–C) groups is 1. The van der Waals surface area contributed by atoms with Gasteiger partial charge in [-0.25, -0.2) is 0 Å². The van der Waals surface area contributed by atoms with Crippen LogP contribution in [0.25, 0.3) is 0 Å². The Bertz CT molecular complexity index is 350. The van der Waals surface area contributed by atoms with Crippen LogP contribution in [0.4, 0.5) is 0 Å². The molecule has 1 heterocycles. The van der Waals surface area contributed by atoms with Crippen LogP contribution in [-0.4, -0.2) is 21.7 Å². The molecule has 0 saturated carbocycles. The fraction of sp³-hybridized carbons (Fsp3) is 0.364. The van der Waals surface area contributed by atoms with E-state index in [-0.39, 0.29) is 5.54 Å². The van der Waals surface area contributed by atoms with Gasteiger partial charge in [-0.2, -0.15) is 0 Å². The van der Waals surface area contributed by atoms with E-state index in [0.29, 0.717) is 0 Å². The molecule has 1 atom stereocenters. The van der Waals surface area contributed by atoms with Crippen molar-refractivity contribution in [2.45, 2.75) is 12.5 Å². The Labute approximate surface area is 97.1 Å². The van der Waals surface area contributed by atoms with E-state index in [1.54, 1.807) is 0 Å². The van der Waals surface area contributed by atoms with Crippen molar-refractivity contribution < 1.29 is 0 Å². The molecule has 1 aromatic rings. The summed E-state index contributed by atoms with van der Waals surface area (Å²) >= 11 is 5.36. The molecule has 0 amide bonds. The van der Waals surface area contributed by atoms with Crippen LogP contribution in [0, 0.1) is 0 Å². The molecule has 0 radical (unpaired) electrons. The Morgan fingerprint density at radius 3 is 2.71 bits per heavy atom. The quantitative estimate of drug-likeness (QED) is 0.751. The molecule has 0 unspecified atom stereocenters. The first-order valence-corrected chi connectivity index (χ1v) is 6.68. The highest BCUT2D eigenvalue weighted by Crippen LogP contribution is 2.31. The molecular weight excluding hydrogens is 258 g/mol. The lowest BCUT2D eigenvalue weighted by Gasteiger charge is -2.14. The molecule has 0 fully saturated rings. The minimum absolute atomic E-state index is 0.0792. The van der Waals surface area contributed by atoms with Gasteiger partial charge in [0.1, 0.15) is 0 Å². The normalized spacial score (nSPS) is 26.3. The van der Waals surface area contributed by atoms with Crippen LogP contribution in [0.15, 0.2) is 35.3 Å². The third-order valence-electron chi connectivity index (χ3n) is 2.20. The van der Waals surface area contributed by atoms with Crippen LogP contribution in [0.2, 0.25) is 0 Å². The fourth-order valence-electron chi connectivity index (χ4n) is 1.33. The standard InChI is InChI=1S/C11H12BrNS/c1-11(7-12)8-14-10(13-11)9-5-3-2-4-6-9/h2-6H,7-8H2,1H3/t11-/m1/s1. The summed E-state index contributed by atoms with van der Waals surface area (Å²) in [5.74, 6) is 1.07.